The van der Waals surface area contributed by atoms with Crippen LogP contribution < -0.4 is 0 Å². The second-order valence-corrected chi connectivity index (χ2v) is 4.13. The van der Waals surface area contributed by atoms with Crippen LogP contribution in [-0.4, -0.2) is 4.98 Å². The first-order valence-electron chi connectivity index (χ1n) is 6.03. The molecular formula is C15H10N4O. The van der Waals surface area contributed by atoms with Crippen molar-refractivity contribution in [3.8, 4) is 22.8 Å². The zero-order valence-electron chi connectivity index (χ0n) is 10.5. The molecule has 0 aliphatic carbocycles. The molecule has 0 aliphatic heterocycles. The fourth-order valence-corrected chi connectivity index (χ4v) is 1.87. The summed E-state index contributed by atoms with van der Waals surface area (Å²) < 4.78 is 5.74. The molecule has 0 atom stereocenters. The number of rotatable bonds is 3. The fraction of sp³-hybridized carbons (Fsp3) is 0. The number of hydrogen-bond acceptors (Lipinski definition) is 3. The van der Waals surface area contributed by atoms with Crippen LogP contribution in [0.5, 0.6) is 0 Å². The van der Waals surface area contributed by atoms with Crippen LogP contribution in [0.15, 0.2) is 70.3 Å². The Morgan fingerprint density at radius 1 is 0.950 bits per heavy atom. The summed E-state index contributed by atoms with van der Waals surface area (Å²) in [7, 11) is 0. The molecular weight excluding hydrogens is 252 g/mol. The fourth-order valence-electron chi connectivity index (χ4n) is 1.87. The van der Waals surface area contributed by atoms with E-state index in [1.807, 2.05) is 42.5 Å². The molecule has 0 spiro atoms. The third-order valence-corrected chi connectivity index (χ3v) is 2.84. The molecule has 0 aliphatic rings. The van der Waals surface area contributed by atoms with Gasteiger partial charge in [0.1, 0.15) is 0 Å². The number of nitrogens with zero attached hydrogens (tertiary/aromatic N) is 4. The van der Waals surface area contributed by atoms with E-state index in [1.54, 1.807) is 18.3 Å². The van der Waals surface area contributed by atoms with Crippen molar-refractivity contribution in [3.05, 3.63) is 71.2 Å². The zero-order chi connectivity index (χ0) is 13.8. The van der Waals surface area contributed by atoms with Crippen LogP contribution in [0.4, 0.5) is 5.69 Å². The molecule has 1 heterocycles. The molecule has 96 valence electrons. The first-order valence-corrected chi connectivity index (χ1v) is 6.03. The highest BCUT2D eigenvalue weighted by molar-refractivity contribution is 5.62. The summed E-state index contributed by atoms with van der Waals surface area (Å²) in [4.78, 5) is 7.01. The van der Waals surface area contributed by atoms with Gasteiger partial charge in [-0.25, -0.2) is 4.98 Å². The molecule has 0 bridgehead atoms. The number of hydrogen-bond donors (Lipinski definition) is 0. The summed E-state index contributed by atoms with van der Waals surface area (Å²) in [6.07, 6.45) is 1.69. The molecule has 0 saturated heterocycles. The average molecular weight is 262 g/mol. The predicted octanol–water partition coefficient (Wildman–Crippen LogP) is 4.95. The molecule has 0 fully saturated rings. The minimum atomic E-state index is 0.569. The van der Waals surface area contributed by atoms with Crippen LogP contribution in [0.25, 0.3) is 33.2 Å². The van der Waals surface area contributed by atoms with Crippen molar-refractivity contribution in [2.75, 3.05) is 0 Å². The van der Waals surface area contributed by atoms with Crippen molar-refractivity contribution >= 4 is 5.69 Å². The second-order valence-electron chi connectivity index (χ2n) is 4.13. The van der Waals surface area contributed by atoms with E-state index in [4.69, 9.17) is 9.95 Å². The van der Waals surface area contributed by atoms with E-state index in [-0.39, 0.29) is 0 Å². The van der Waals surface area contributed by atoms with Crippen molar-refractivity contribution < 1.29 is 4.42 Å². The van der Waals surface area contributed by atoms with Crippen molar-refractivity contribution in [3.63, 3.8) is 0 Å². The molecule has 5 heteroatoms. The first kappa shape index (κ1) is 12.0. The van der Waals surface area contributed by atoms with Gasteiger partial charge >= 0.3 is 0 Å². The van der Waals surface area contributed by atoms with Gasteiger partial charge in [0.25, 0.3) is 0 Å². The number of oxazole rings is 1. The van der Waals surface area contributed by atoms with Gasteiger partial charge in [-0.15, -0.1) is 0 Å². The Morgan fingerprint density at radius 2 is 1.70 bits per heavy atom. The van der Waals surface area contributed by atoms with Crippen molar-refractivity contribution in [2.24, 2.45) is 5.11 Å². The minimum absolute atomic E-state index is 0.569. The molecule has 1 aromatic heterocycles. The van der Waals surface area contributed by atoms with Crippen molar-refractivity contribution in [1.29, 1.82) is 0 Å². The van der Waals surface area contributed by atoms with Gasteiger partial charge in [-0.05, 0) is 17.7 Å². The van der Waals surface area contributed by atoms with E-state index < -0.39 is 0 Å². The van der Waals surface area contributed by atoms with E-state index in [1.165, 1.54) is 0 Å². The van der Waals surface area contributed by atoms with Crippen LogP contribution in [0.1, 0.15) is 0 Å². The molecule has 0 unspecified atom stereocenters. The lowest BCUT2D eigenvalue weighted by atomic mass is 10.2. The van der Waals surface area contributed by atoms with Gasteiger partial charge in [0.05, 0.1) is 6.20 Å². The van der Waals surface area contributed by atoms with Gasteiger partial charge < -0.3 is 4.42 Å². The maximum absolute atomic E-state index is 8.37. The topological polar surface area (TPSA) is 74.8 Å². The highest BCUT2D eigenvalue weighted by Crippen LogP contribution is 2.27. The molecule has 2 aromatic carbocycles. The van der Waals surface area contributed by atoms with Crippen LogP contribution in [0.3, 0.4) is 0 Å². The van der Waals surface area contributed by atoms with Gasteiger partial charge in [-0.3, -0.25) is 0 Å². The van der Waals surface area contributed by atoms with Crippen molar-refractivity contribution in [2.45, 2.75) is 0 Å². The van der Waals surface area contributed by atoms with E-state index in [0.29, 0.717) is 17.3 Å². The molecule has 20 heavy (non-hydrogen) atoms. The summed E-state index contributed by atoms with van der Waals surface area (Å²) in [6.45, 7) is 0. The van der Waals surface area contributed by atoms with Gasteiger partial charge in [-0.1, -0.05) is 47.6 Å². The summed E-state index contributed by atoms with van der Waals surface area (Å²) in [5, 5.41) is 3.53. The Labute approximate surface area is 115 Å². The standard InChI is InChI=1S/C15H10N4O/c16-19-18-13-8-6-11(7-9-13)14-10-17-15(20-14)12-4-2-1-3-5-12/h1-10H. The van der Waals surface area contributed by atoms with Crippen molar-refractivity contribution in [1.82, 2.24) is 4.98 Å². The average Bonchev–Trinajstić information content (AvgIpc) is 2.99. The van der Waals surface area contributed by atoms with Crippen LogP contribution in [-0.2, 0) is 0 Å². The zero-order valence-corrected chi connectivity index (χ0v) is 10.5. The number of aromatic nitrogens is 1. The summed E-state index contributed by atoms with van der Waals surface area (Å²) in [5.74, 6) is 1.26. The monoisotopic (exact) mass is 262 g/mol. The molecule has 0 saturated carbocycles. The van der Waals surface area contributed by atoms with Gasteiger partial charge in [0, 0.05) is 21.7 Å². The maximum atomic E-state index is 8.37. The first-order chi connectivity index (χ1) is 9.86. The maximum Gasteiger partial charge on any atom is 0.226 e. The quantitative estimate of drug-likeness (QED) is 0.380. The lowest BCUT2D eigenvalue weighted by Crippen LogP contribution is -1.74. The Hall–Kier alpha value is -3.04. The summed E-state index contributed by atoms with van der Waals surface area (Å²) in [5.41, 5.74) is 10.8. The van der Waals surface area contributed by atoms with Gasteiger partial charge in [0.2, 0.25) is 5.89 Å². The predicted molar refractivity (Wildman–Crippen MR) is 76.2 cm³/mol. The number of azide groups is 1. The lowest BCUT2D eigenvalue weighted by molar-refractivity contribution is 0.589. The number of benzene rings is 2. The molecule has 0 N–H and O–H groups in total. The Balaban J connectivity index is 1.92. The third-order valence-electron chi connectivity index (χ3n) is 2.84. The lowest BCUT2D eigenvalue weighted by Gasteiger charge is -1.97. The normalized spacial score (nSPS) is 10.0. The third kappa shape index (κ3) is 2.39. The largest absolute Gasteiger partial charge is 0.436 e. The smallest absolute Gasteiger partial charge is 0.226 e. The Morgan fingerprint density at radius 3 is 2.40 bits per heavy atom. The molecule has 3 rings (SSSR count). The Bertz CT molecular complexity index is 756. The molecule has 5 nitrogen and oxygen atoms in total. The Kier molecular flexibility index (Phi) is 3.18. The highest BCUT2D eigenvalue weighted by Gasteiger charge is 2.07. The molecule has 0 radical (unpaired) electrons. The van der Waals surface area contributed by atoms with Crippen LogP contribution >= 0.6 is 0 Å². The van der Waals surface area contributed by atoms with Gasteiger partial charge in [-0.2, -0.15) is 0 Å². The van der Waals surface area contributed by atoms with E-state index in [9.17, 15) is 0 Å². The summed E-state index contributed by atoms with van der Waals surface area (Å²) in [6, 6.07) is 16.8. The van der Waals surface area contributed by atoms with E-state index >= 15 is 0 Å². The van der Waals surface area contributed by atoms with Gasteiger partial charge in [0.15, 0.2) is 5.76 Å². The molecule has 3 aromatic rings. The SMILES string of the molecule is [N-]=[N+]=Nc1ccc(-c2cnc(-c3ccccc3)o2)cc1. The molecule has 0 amide bonds. The van der Waals surface area contributed by atoms with E-state index in [2.05, 4.69) is 15.0 Å². The second kappa shape index (κ2) is 5.30. The minimum Gasteiger partial charge on any atom is -0.436 e. The highest BCUT2D eigenvalue weighted by atomic mass is 16.4. The van der Waals surface area contributed by atoms with E-state index in [0.717, 1.165) is 11.1 Å². The van der Waals surface area contributed by atoms with Crippen LogP contribution in [0.2, 0.25) is 0 Å². The van der Waals surface area contributed by atoms with Crippen LogP contribution in [0, 0.1) is 0 Å². The summed E-state index contributed by atoms with van der Waals surface area (Å²) >= 11 is 0.